The zero-order valence-electron chi connectivity index (χ0n) is 9.14. The highest BCUT2D eigenvalue weighted by molar-refractivity contribution is 9.10. The Morgan fingerprint density at radius 3 is 2.69 bits per heavy atom. The van der Waals surface area contributed by atoms with E-state index in [1.165, 1.54) is 6.07 Å². The number of benzene rings is 1. The van der Waals surface area contributed by atoms with E-state index in [0.29, 0.717) is 12.2 Å². The Hall–Kier alpha value is -1.12. The maximum atomic E-state index is 13.8. The van der Waals surface area contributed by atoms with Gasteiger partial charge in [-0.15, -0.1) is 0 Å². The van der Waals surface area contributed by atoms with Gasteiger partial charge in [0.15, 0.2) is 5.82 Å². The fourth-order valence-electron chi connectivity index (χ4n) is 1.15. The first kappa shape index (κ1) is 12.9. The minimum absolute atomic E-state index is 0.174. The molecule has 0 aliphatic carbocycles. The monoisotopic (exact) mass is 285 g/mol. The van der Waals surface area contributed by atoms with Crippen LogP contribution in [-0.4, -0.2) is 12.1 Å². The van der Waals surface area contributed by atoms with Crippen molar-refractivity contribution in [1.82, 2.24) is 0 Å². The number of nitriles is 1. The third-order valence-corrected chi connectivity index (χ3v) is 2.96. The maximum absolute atomic E-state index is 13.8. The first-order chi connectivity index (χ1) is 7.41. The predicted octanol–water partition coefficient (Wildman–Crippen LogP) is 2.61. The third-order valence-electron chi connectivity index (χ3n) is 2.19. The van der Waals surface area contributed by atoms with Gasteiger partial charge in [-0.05, 0) is 41.9 Å². The highest BCUT2D eigenvalue weighted by atomic mass is 79.9. The van der Waals surface area contributed by atoms with Crippen LogP contribution in [0.1, 0.15) is 19.4 Å². The highest BCUT2D eigenvalue weighted by Crippen LogP contribution is 2.28. The van der Waals surface area contributed by atoms with Gasteiger partial charge in [0.2, 0.25) is 0 Å². The van der Waals surface area contributed by atoms with E-state index in [4.69, 9.17) is 11.0 Å². The molecule has 1 aromatic carbocycles. The summed E-state index contributed by atoms with van der Waals surface area (Å²) < 4.78 is 14.0. The summed E-state index contributed by atoms with van der Waals surface area (Å²) in [6.45, 7) is 4.13. The van der Waals surface area contributed by atoms with E-state index in [2.05, 4.69) is 21.2 Å². The Bertz CT molecular complexity index is 438. The van der Waals surface area contributed by atoms with Crippen molar-refractivity contribution < 1.29 is 4.39 Å². The van der Waals surface area contributed by atoms with Gasteiger partial charge >= 0.3 is 0 Å². The number of hydrogen-bond donors (Lipinski definition) is 2. The van der Waals surface area contributed by atoms with E-state index in [0.717, 1.165) is 0 Å². The van der Waals surface area contributed by atoms with E-state index in [9.17, 15) is 4.39 Å². The summed E-state index contributed by atoms with van der Waals surface area (Å²) in [5, 5.41) is 11.7. The number of anilines is 1. The molecule has 86 valence electrons. The number of halogens is 2. The van der Waals surface area contributed by atoms with Crippen LogP contribution in [0, 0.1) is 17.1 Å². The molecular weight excluding hydrogens is 273 g/mol. The van der Waals surface area contributed by atoms with Gasteiger partial charge in [0.05, 0.1) is 15.7 Å². The molecule has 0 heterocycles. The molecule has 16 heavy (non-hydrogen) atoms. The van der Waals surface area contributed by atoms with Gasteiger partial charge in [0, 0.05) is 12.1 Å². The molecular formula is C11H13BrFN3. The van der Waals surface area contributed by atoms with Gasteiger partial charge in [-0.25, -0.2) is 4.39 Å². The standard InChI is InChI=1S/C11H13BrFN3/c1-11(2,6-15)16-8-4-3-7(5-14)9(12)10(8)13/h3-4,16H,6,15H2,1-2H3. The second kappa shape index (κ2) is 4.81. The van der Waals surface area contributed by atoms with Crippen LogP contribution in [0.2, 0.25) is 0 Å². The lowest BCUT2D eigenvalue weighted by Crippen LogP contribution is -2.39. The molecule has 1 rings (SSSR count). The fourth-order valence-corrected chi connectivity index (χ4v) is 1.58. The SMILES string of the molecule is CC(C)(CN)Nc1ccc(C#N)c(Br)c1F. The lowest BCUT2D eigenvalue weighted by atomic mass is 10.1. The van der Waals surface area contributed by atoms with Crippen LogP contribution in [0.25, 0.3) is 0 Å². The minimum atomic E-state index is -0.472. The normalized spacial score (nSPS) is 11.0. The van der Waals surface area contributed by atoms with Gasteiger partial charge in [0.25, 0.3) is 0 Å². The van der Waals surface area contributed by atoms with Crippen LogP contribution < -0.4 is 11.1 Å². The molecule has 0 aliphatic heterocycles. The average molecular weight is 286 g/mol. The van der Waals surface area contributed by atoms with Crippen LogP contribution in [0.4, 0.5) is 10.1 Å². The Morgan fingerprint density at radius 2 is 2.19 bits per heavy atom. The number of hydrogen-bond acceptors (Lipinski definition) is 3. The van der Waals surface area contributed by atoms with Crippen molar-refractivity contribution in [3.8, 4) is 6.07 Å². The van der Waals surface area contributed by atoms with E-state index in [1.54, 1.807) is 6.07 Å². The third kappa shape index (κ3) is 2.71. The molecule has 0 aliphatic rings. The summed E-state index contributed by atoms with van der Waals surface area (Å²) in [5.74, 6) is -0.472. The molecule has 0 saturated heterocycles. The number of rotatable bonds is 3. The van der Waals surface area contributed by atoms with Crippen molar-refractivity contribution in [2.75, 3.05) is 11.9 Å². The molecule has 0 radical (unpaired) electrons. The minimum Gasteiger partial charge on any atom is -0.376 e. The van der Waals surface area contributed by atoms with E-state index >= 15 is 0 Å². The quantitative estimate of drug-likeness (QED) is 0.897. The maximum Gasteiger partial charge on any atom is 0.161 e. The Balaban J connectivity index is 3.10. The van der Waals surface area contributed by atoms with Crippen LogP contribution in [0.3, 0.4) is 0 Å². The first-order valence-electron chi connectivity index (χ1n) is 4.77. The summed E-state index contributed by atoms with van der Waals surface area (Å²) in [6.07, 6.45) is 0. The molecule has 0 fully saturated rings. The second-order valence-electron chi connectivity index (χ2n) is 4.11. The Kier molecular flexibility index (Phi) is 3.89. The molecule has 3 N–H and O–H groups in total. The van der Waals surface area contributed by atoms with Gasteiger partial charge < -0.3 is 11.1 Å². The van der Waals surface area contributed by atoms with Crippen molar-refractivity contribution in [3.63, 3.8) is 0 Å². The summed E-state index contributed by atoms with van der Waals surface area (Å²) in [7, 11) is 0. The summed E-state index contributed by atoms with van der Waals surface area (Å²) >= 11 is 3.05. The van der Waals surface area contributed by atoms with Crippen LogP contribution in [0.15, 0.2) is 16.6 Å². The van der Waals surface area contributed by atoms with Crippen molar-refractivity contribution in [2.24, 2.45) is 5.73 Å². The largest absolute Gasteiger partial charge is 0.376 e. The van der Waals surface area contributed by atoms with Gasteiger partial charge in [-0.2, -0.15) is 5.26 Å². The lowest BCUT2D eigenvalue weighted by molar-refractivity contribution is 0.563. The van der Waals surface area contributed by atoms with Gasteiger partial charge in [-0.3, -0.25) is 0 Å². The van der Waals surface area contributed by atoms with E-state index < -0.39 is 11.4 Å². The van der Waals surface area contributed by atoms with E-state index in [1.807, 2.05) is 19.9 Å². The fraction of sp³-hybridized carbons (Fsp3) is 0.364. The summed E-state index contributed by atoms with van der Waals surface area (Å²) in [5.41, 5.74) is 5.76. The smallest absolute Gasteiger partial charge is 0.161 e. The molecule has 0 aromatic heterocycles. The van der Waals surface area contributed by atoms with Crippen molar-refractivity contribution in [1.29, 1.82) is 5.26 Å². The molecule has 0 atom stereocenters. The van der Waals surface area contributed by atoms with E-state index in [-0.39, 0.29) is 10.0 Å². The number of nitrogens with two attached hydrogens (primary N) is 1. The average Bonchev–Trinajstić information content (AvgIpc) is 2.25. The second-order valence-corrected chi connectivity index (χ2v) is 4.91. The molecule has 1 aromatic rings. The molecule has 0 saturated carbocycles. The van der Waals surface area contributed by atoms with Crippen LogP contribution in [0.5, 0.6) is 0 Å². The van der Waals surface area contributed by atoms with Crippen LogP contribution >= 0.6 is 15.9 Å². The molecule has 0 spiro atoms. The molecule has 0 unspecified atom stereocenters. The Morgan fingerprint density at radius 1 is 1.56 bits per heavy atom. The first-order valence-corrected chi connectivity index (χ1v) is 5.57. The van der Waals surface area contributed by atoms with Gasteiger partial charge in [-0.1, -0.05) is 0 Å². The zero-order valence-corrected chi connectivity index (χ0v) is 10.7. The molecule has 3 nitrogen and oxygen atoms in total. The zero-order chi connectivity index (χ0) is 12.3. The summed E-state index contributed by atoms with van der Waals surface area (Å²) in [4.78, 5) is 0. The number of nitrogens with one attached hydrogen (secondary N) is 1. The van der Waals surface area contributed by atoms with Crippen molar-refractivity contribution >= 4 is 21.6 Å². The molecule has 0 bridgehead atoms. The highest BCUT2D eigenvalue weighted by Gasteiger charge is 2.18. The van der Waals surface area contributed by atoms with Crippen molar-refractivity contribution in [3.05, 3.63) is 28.0 Å². The molecule has 5 heteroatoms. The van der Waals surface area contributed by atoms with Crippen LogP contribution in [-0.2, 0) is 0 Å². The molecule has 0 amide bonds. The number of nitrogens with zero attached hydrogens (tertiary/aromatic N) is 1. The lowest BCUT2D eigenvalue weighted by Gasteiger charge is -2.26. The van der Waals surface area contributed by atoms with Gasteiger partial charge in [0.1, 0.15) is 6.07 Å². The summed E-state index contributed by atoms with van der Waals surface area (Å²) in [6, 6.07) is 5.00. The topological polar surface area (TPSA) is 61.8 Å². The predicted molar refractivity (Wildman–Crippen MR) is 65.6 cm³/mol. The van der Waals surface area contributed by atoms with Crippen molar-refractivity contribution in [2.45, 2.75) is 19.4 Å². The Labute approximate surface area is 103 Å².